The Kier molecular flexibility index (Phi) is 8.58. The molecule has 5 nitrogen and oxygen atoms in total. The largest absolute Gasteiger partial charge is 0.446 e. The molecule has 0 aromatic heterocycles. The third kappa shape index (κ3) is 8.20. The van der Waals surface area contributed by atoms with E-state index in [1.54, 1.807) is 11.0 Å². The molecule has 0 unspecified atom stereocenters. The lowest BCUT2D eigenvalue weighted by molar-refractivity contribution is -0.130. The van der Waals surface area contributed by atoms with Crippen molar-refractivity contribution in [2.75, 3.05) is 32.7 Å². The van der Waals surface area contributed by atoms with E-state index in [4.69, 9.17) is 0 Å². The van der Waals surface area contributed by atoms with Crippen LogP contribution in [0.25, 0.3) is 0 Å². The molecule has 1 saturated heterocycles. The Hall–Kier alpha value is -2.52. The number of amides is 2. The van der Waals surface area contributed by atoms with Gasteiger partial charge in [-0.2, -0.15) is 13.2 Å². The van der Waals surface area contributed by atoms with Gasteiger partial charge in [-0.15, -0.1) is 0 Å². The number of carbonyl (C=O) groups excluding carboxylic acids is 2. The summed E-state index contributed by atoms with van der Waals surface area (Å²) in [5.41, 5.74) is -2.76. The minimum absolute atomic E-state index is 0.0593. The molecular formula is C23H26F3N3O2S. The summed E-state index contributed by atoms with van der Waals surface area (Å²) in [6.07, 6.45) is 0.797. The lowest BCUT2D eigenvalue weighted by atomic mass is 10.1. The summed E-state index contributed by atoms with van der Waals surface area (Å²) in [4.78, 5) is 28.8. The second-order valence-corrected chi connectivity index (χ2v) is 8.78. The van der Waals surface area contributed by atoms with Crippen LogP contribution in [0.2, 0.25) is 0 Å². The smallest absolute Gasteiger partial charge is 0.351 e. The fourth-order valence-electron chi connectivity index (χ4n) is 3.57. The molecule has 1 N–H and O–H groups in total. The molecule has 3 rings (SSSR count). The molecular weight excluding hydrogens is 439 g/mol. The first kappa shape index (κ1) is 24.1. The van der Waals surface area contributed by atoms with Gasteiger partial charge in [0, 0.05) is 37.6 Å². The van der Waals surface area contributed by atoms with Crippen LogP contribution in [0.15, 0.2) is 59.5 Å². The van der Waals surface area contributed by atoms with Gasteiger partial charge in [0.05, 0.1) is 13.0 Å². The molecule has 2 amide bonds. The van der Waals surface area contributed by atoms with Crippen molar-refractivity contribution < 1.29 is 22.8 Å². The highest BCUT2D eigenvalue weighted by Crippen LogP contribution is 2.37. The minimum atomic E-state index is -4.36. The van der Waals surface area contributed by atoms with Gasteiger partial charge in [-0.25, -0.2) is 0 Å². The van der Waals surface area contributed by atoms with E-state index in [2.05, 4.69) is 5.32 Å². The van der Waals surface area contributed by atoms with Crippen molar-refractivity contribution in [1.82, 2.24) is 15.1 Å². The van der Waals surface area contributed by atoms with E-state index in [-0.39, 0.29) is 41.4 Å². The van der Waals surface area contributed by atoms with Crippen LogP contribution in [-0.4, -0.2) is 59.8 Å². The Balaban J connectivity index is 1.45. The minimum Gasteiger partial charge on any atom is -0.351 e. The summed E-state index contributed by atoms with van der Waals surface area (Å²) in [5.74, 6) is -0.179. The van der Waals surface area contributed by atoms with Gasteiger partial charge in [0.1, 0.15) is 0 Å². The van der Waals surface area contributed by atoms with E-state index in [0.717, 1.165) is 12.0 Å². The molecule has 172 valence electrons. The highest BCUT2D eigenvalue weighted by atomic mass is 32.2. The third-order valence-corrected chi connectivity index (χ3v) is 5.85. The molecule has 0 atom stereocenters. The number of nitrogens with one attached hydrogen (secondary N) is 1. The van der Waals surface area contributed by atoms with E-state index >= 15 is 0 Å². The van der Waals surface area contributed by atoms with Crippen LogP contribution >= 0.6 is 11.8 Å². The first-order valence-corrected chi connectivity index (χ1v) is 11.3. The first-order chi connectivity index (χ1) is 15.3. The monoisotopic (exact) mass is 465 g/mol. The van der Waals surface area contributed by atoms with Crippen LogP contribution in [-0.2, 0) is 22.6 Å². The fraction of sp³-hybridized carbons (Fsp3) is 0.391. The number of hydrogen-bond acceptors (Lipinski definition) is 4. The second kappa shape index (κ2) is 11.4. The Labute approximate surface area is 190 Å². The van der Waals surface area contributed by atoms with E-state index in [1.807, 2.05) is 35.2 Å². The van der Waals surface area contributed by atoms with Crippen molar-refractivity contribution >= 4 is 23.6 Å². The van der Waals surface area contributed by atoms with Crippen molar-refractivity contribution in [3.05, 3.63) is 65.7 Å². The van der Waals surface area contributed by atoms with E-state index in [0.29, 0.717) is 38.3 Å². The normalized spacial score (nSPS) is 15.3. The van der Waals surface area contributed by atoms with Gasteiger partial charge in [-0.1, -0.05) is 42.5 Å². The number of halogens is 3. The Morgan fingerprint density at radius 2 is 1.69 bits per heavy atom. The van der Waals surface area contributed by atoms with Crippen LogP contribution < -0.4 is 5.32 Å². The lowest BCUT2D eigenvalue weighted by Crippen LogP contribution is -2.40. The average Bonchev–Trinajstić information content (AvgIpc) is 2.98. The molecule has 0 aliphatic carbocycles. The zero-order chi connectivity index (χ0) is 23.0. The lowest BCUT2D eigenvalue weighted by Gasteiger charge is -2.22. The van der Waals surface area contributed by atoms with Gasteiger partial charge < -0.3 is 10.2 Å². The van der Waals surface area contributed by atoms with Crippen LogP contribution in [0.5, 0.6) is 0 Å². The molecule has 32 heavy (non-hydrogen) atoms. The molecule has 2 aromatic rings. The number of carbonyl (C=O) groups is 2. The molecule has 9 heteroatoms. The SMILES string of the molecule is O=C(CN1CCCN(C(=O)Cc2cccc(SC(F)(F)F)c2)CC1)NCc1ccccc1. The summed E-state index contributed by atoms with van der Waals surface area (Å²) < 4.78 is 37.8. The average molecular weight is 466 g/mol. The number of benzene rings is 2. The summed E-state index contributed by atoms with van der Waals surface area (Å²) in [5, 5.41) is 2.91. The maximum atomic E-state index is 12.7. The van der Waals surface area contributed by atoms with Gasteiger partial charge in [0.2, 0.25) is 11.8 Å². The topological polar surface area (TPSA) is 52.7 Å². The van der Waals surface area contributed by atoms with Crippen LogP contribution in [0.4, 0.5) is 13.2 Å². The van der Waals surface area contributed by atoms with Gasteiger partial charge in [0.25, 0.3) is 0 Å². The van der Waals surface area contributed by atoms with Crippen LogP contribution in [0.3, 0.4) is 0 Å². The number of nitrogens with zero attached hydrogens (tertiary/aromatic N) is 2. The molecule has 1 aliphatic rings. The molecule has 0 radical (unpaired) electrons. The van der Waals surface area contributed by atoms with Crippen LogP contribution in [0.1, 0.15) is 17.5 Å². The second-order valence-electron chi connectivity index (χ2n) is 7.64. The van der Waals surface area contributed by atoms with Crippen molar-refractivity contribution in [1.29, 1.82) is 0 Å². The van der Waals surface area contributed by atoms with Crippen molar-refractivity contribution in [3.63, 3.8) is 0 Å². The summed E-state index contributed by atoms with van der Waals surface area (Å²) >= 11 is -0.180. The maximum absolute atomic E-state index is 12.7. The maximum Gasteiger partial charge on any atom is 0.446 e. The molecule has 1 fully saturated rings. The van der Waals surface area contributed by atoms with Gasteiger partial charge in [-0.05, 0) is 41.4 Å². The summed E-state index contributed by atoms with van der Waals surface area (Å²) in [6.45, 7) is 3.09. The fourth-order valence-corrected chi connectivity index (χ4v) is 4.20. The highest BCUT2D eigenvalue weighted by molar-refractivity contribution is 8.00. The molecule has 1 aliphatic heterocycles. The predicted octanol–water partition coefficient (Wildman–Crippen LogP) is 3.69. The summed E-state index contributed by atoms with van der Waals surface area (Å²) in [7, 11) is 0. The van der Waals surface area contributed by atoms with E-state index in [1.165, 1.54) is 18.2 Å². The standard InChI is InChI=1S/C23H26F3N3O2S/c24-23(25,26)32-20-9-4-8-19(14-20)15-22(31)29-11-5-10-28(12-13-29)17-21(30)27-16-18-6-2-1-3-7-18/h1-4,6-9,14H,5,10-13,15-17H2,(H,27,30). The van der Waals surface area contributed by atoms with E-state index < -0.39 is 5.51 Å². The predicted molar refractivity (Wildman–Crippen MR) is 118 cm³/mol. The molecule has 1 heterocycles. The zero-order valence-corrected chi connectivity index (χ0v) is 18.4. The Morgan fingerprint density at radius 3 is 2.44 bits per heavy atom. The first-order valence-electron chi connectivity index (χ1n) is 10.4. The summed E-state index contributed by atoms with van der Waals surface area (Å²) in [6, 6.07) is 15.7. The quantitative estimate of drug-likeness (QED) is 0.634. The zero-order valence-electron chi connectivity index (χ0n) is 17.6. The Morgan fingerprint density at radius 1 is 0.938 bits per heavy atom. The van der Waals surface area contributed by atoms with E-state index in [9.17, 15) is 22.8 Å². The number of thioether (sulfide) groups is 1. The molecule has 2 aromatic carbocycles. The number of rotatable bonds is 7. The third-order valence-electron chi connectivity index (χ3n) is 5.13. The highest BCUT2D eigenvalue weighted by Gasteiger charge is 2.29. The van der Waals surface area contributed by atoms with Crippen LogP contribution in [0, 0.1) is 0 Å². The molecule has 0 saturated carbocycles. The van der Waals surface area contributed by atoms with Gasteiger partial charge in [-0.3, -0.25) is 14.5 Å². The molecule has 0 spiro atoms. The van der Waals surface area contributed by atoms with Crippen molar-refractivity contribution in [3.8, 4) is 0 Å². The van der Waals surface area contributed by atoms with Gasteiger partial charge in [0.15, 0.2) is 0 Å². The number of alkyl halides is 3. The number of hydrogen-bond donors (Lipinski definition) is 1. The van der Waals surface area contributed by atoms with Gasteiger partial charge >= 0.3 is 5.51 Å². The molecule has 0 bridgehead atoms. The Bertz CT molecular complexity index is 909. The van der Waals surface area contributed by atoms with Crippen molar-refractivity contribution in [2.45, 2.75) is 29.8 Å². The van der Waals surface area contributed by atoms with Crippen molar-refractivity contribution in [2.24, 2.45) is 0 Å².